The predicted molar refractivity (Wildman–Crippen MR) is 119 cm³/mol. The van der Waals surface area contributed by atoms with Gasteiger partial charge in [-0.1, -0.05) is 58.3 Å². The summed E-state index contributed by atoms with van der Waals surface area (Å²) in [6, 6.07) is 6.85. The number of carbonyl (C=O) groups excluding carboxylic acids is 1. The average Bonchev–Trinajstić information content (AvgIpc) is 3.01. The molecule has 0 aliphatic carbocycles. The average molecular weight is 511 g/mol. The molecule has 1 heterocycles. The van der Waals surface area contributed by atoms with Crippen LogP contribution < -0.4 is 10.6 Å². The summed E-state index contributed by atoms with van der Waals surface area (Å²) in [6.07, 6.45) is 1.10. The van der Waals surface area contributed by atoms with Gasteiger partial charge in [0.05, 0.1) is 15.1 Å². The van der Waals surface area contributed by atoms with E-state index in [0.717, 1.165) is 17.6 Å². The third-order valence-corrected chi connectivity index (χ3v) is 6.84. The number of aromatic nitrogens is 1. The van der Waals surface area contributed by atoms with Crippen molar-refractivity contribution in [3.8, 4) is 0 Å². The molecule has 0 radical (unpaired) electrons. The van der Waals surface area contributed by atoms with Crippen LogP contribution in [0, 0.1) is 12.7 Å². The van der Waals surface area contributed by atoms with Crippen LogP contribution in [0.1, 0.15) is 17.2 Å². The SMILES string of the molecule is Cc1ccc([C@H](NC(=O)Nc2nc3ccc(S(C)(=O)=O)cc3s2)C(Cl)(Cl)Cl)cc1F. The number of nitrogens with zero attached hydrogens (tertiary/aromatic N) is 1. The number of aryl methyl sites for hydroxylation is 1. The van der Waals surface area contributed by atoms with Crippen molar-refractivity contribution in [1.82, 2.24) is 10.3 Å². The predicted octanol–water partition coefficient (Wildman–Crippen LogP) is 5.38. The van der Waals surface area contributed by atoms with Crippen LogP contribution in [-0.2, 0) is 9.84 Å². The summed E-state index contributed by atoms with van der Waals surface area (Å²) in [7, 11) is -3.37. The topological polar surface area (TPSA) is 88.2 Å². The lowest BCUT2D eigenvalue weighted by Crippen LogP contribution is -2.39. The fourth-order valence-corrected chi connectivity index (χ4v) is 4.76. The van der Waals surface area contributed by atoms with Crippen molar-refractivity contribution in [2.45, 2.75) is 21.7 Å². The van der Waals surface area contributed by atoms with E-state index in [1.54, 1.807) is 19.1 Å². The fourth-order valence-electron chi connectivity index (χ4n) is 2.60. The largest absolute Gasteiger partial charge is 0.327 e. The first kappa shape index (κ1) is 23.0. The van der Waals surface area contributed by atoms with E-state index in [2.05, 4.69) is 15.6 Å². The van der Waals surface area contributed by atoms with Gasteiger partial charge >= 0.3 is 6.03 Å². The van der Waals surface area contributed by atoms with Gasteiger partial charge in [0.2, 0.25) is 3.79 Å². The number of rotatable bonds is 4. The van der Waals surface area contributed by atoms with Gasteiger partial charge in [-0.3, -0.25) is 5.32 Å². The number of hydrogen-bond donors (Lipinski definition) is 2. The van der Waals surface area contributed by atoms with Crippen LogP contribution >= 0.6 is 46.1 Å². The maximum Gasteiger partial charge on any atom is 0.321 e. The zero-order chi connectivity index (χ0) is 22.3. The molecule has 30 heavy (non-hydrogen) atoms. The van der Waals surface area contributed by atoms with Crippen molar-refractivity contribution in [2.75, 3.05) is 11.6 Å². The summed E-state index contributed by atoms with van der Waals surface area (Å²) < 4.78 is 36.0. The number of thiazole rings is 1. The molecule has 0 unspecified atom stereocenters. The first-order valence-electron chi connectivity index (χ1n) is 8.35. The van der Waals surface area contributed by atoms with E-state index in [-0.39, 0.29) is 15.6 Å². The number of alkyl halides is 3. The Morgan fingerprint density at radius 2 is 1.90 bits per heavy atom. The Balaban J connectivity index is 1.82. The van der Waals surface area contributed by atoms with Gasteiger partial charge in [0.25, 0.3) is 0 Å². The number of amides is 2. The number of fused-ring (bicyclic) bond motifs is 1. The second-order valence-corrected chi connectivity index (χ2v) is 11.9. The Morgan fingerprint density at radius 3 is 2.50 bits per heavy atom. The minimum absolute atomic E-state index is 0.146. The first-order chi connectivity index (χ1) is 13.8. The number of urea groups is 1. The Hall–Kier alpha value is -1.65. The molecule has 0 saturated heterocycles. The second kappa shape index (κ2) is 8.47. The summed E-state index contributed by atoms with van der Waals surface area (Å²) in [5, 5.41) is 5.25. The fraction of sp³-hybridized carbons (Fsp3) is 0.222. The molecule has 2 aromatic carbocycles. The van der Waals surface area contributed by atoms with Crippen LogP contribution in [0.15, 0.2) is 41.3 Å². The first-order valence-corrected chi connectivity index (χ1v) is 12.2. The van der Waals surface area contributed by atoms with Gasteiger partial charge in [-0.25, -0.2) is 22.6 Å². The third kappa shape index (κ3) is 5.33. The van der Waals surface area contributed by atoms with Crippen molar-refractivity contribution in [1.29, 1.82) is 0 Å². The zero-order valence-corrected chi connectivity index (χ0v) is 19.4. The van der Waals surface area contributed by atoms with Gasteiger partial charge in [-0.15, -0.1) is 0 Å². The molecule has 2 N–H and O–H groups in total. The molecule has 0 aliphatic heterocycles. The van der Waals surface area contributed by atoms with Crippen LogP contribution in [-0.4, -0.2) is 29.5 Å². The van der Waals surface area contributed by atoms with Crippen molar-refractivity contribution < 1.29 is 17.6 Å². The summed E-state index contributed by atoms with van der Waals surface area (Å²) >= 11 is 19.1. The maximum atomic E-state index is 13.9. The van der Waals surface area contributed by atoms with E-state index >= 15 is 0 Å². The van der Waals surface area contributed by atoms with E-state index in [9.17, 15) is 17.6 Å². The van der Waals surface area contributed by atoms with Crippen molar-refractivity contribution >= 4 is 77.4 Å². The molecule has 0 spiro atoms. The van der Waals surface area contributed by atoms with E-state index in [0.29, 0.717) is 15.8 Å². The number of carbonyl (C=O) groups is 1. The molecule has 0 fully saturated rings. The molecular weight excluding hydrogens is 496 g/mol. The highest BCUT2D eigenvalue weighted by atomic mass is 35.6. The minimum Gasteiger partial charge on any atom is -0.327 e. The van der Waals surface area contributed by atoms with Crippen LogP contribution in [0.3, 0.4) is 0 Å². The lowest BCUT2D eigenvalue weighted by Gasteiger charge is -2.26. The smallest absolute Gasteiger partial charge is 0.321 e. The van der Waals surface area contributed by atoms with E-state index in [4.69, 9.17) is 34.8 Å². The number of anilines is 1. The van der Waals surface area contributed by atoms with Crippen molar-refractivity contribution in [3.63, 3.8) is 0 Å². The van der Waals surface area contributed by atoms with Gasteiger partial charge in [0.15, 0.2) is 15.0 Å². The summed E-state index contributed by atoms with van der Waals surface area (Å²) in [4.78, 5) is 16.9. The number of hydrogen-bond acceptors (Lipinski definition) is 5. The molecule has 6 nitrogen and oxygen atoms in total. The Kier molecular flexibility index (Phi) is 6.50. The van der Waals surface area contributed by atoms with Crippen LogP contribution in [0.25, 0.3) is 10.2 Å². The van der Waals surface area contributed by atoms with Crippen molar-refractivity contribution in [2.24, 2.45) is 0 Å². The van der Waals surface area contributed by atoms with Gasteiger partial charge in [-0.05, 0) is 42.3 Å². The number of halogens is 4. The van der Waals surface area contributed by atoms with Crippen LogP contribution in [0.5, 0.6) is 0 Å². The number of nitrogens with one attached hydrogen (secondary N) is 2. The molecule has 2 amide bonds. The summed E-state index contributed by atoms with van der Waals surface area (Å²) in [5.41, 5.74) is 1.20. The molecule has 160 valence electrons. The monoisotopic (exact) mass is 509 g/mol. The second-order valence-electron chi connectivity index (χ2n) is 6.50. The Labute approximate surface area is 191 Å². The van der Waals surface area contributed by atoms with Gasteiger partial charge in [0, 0.05) is 6.26 Å². The standard InChI is InChI=1S/C18H15Cl3FN3O3S2/c1-9-3-4-10(7-12(9)22)15(18(19,20)21)24-16(26)25-17-23-13-6-5-11(30(2,27)28)8-14(13)29-17/h3-8,15H,1-2H3,(H2,23,24,25,26)/t15-/m0/s1. The lowest BCUT2D eigenvalue weighted by molar-refractivity contribution is 0.248. The Morgan fingerprint density at radius 1 is 1.20 bits per heavy atom. The highest BCUT2D eigenvalue weighted by Gasteiger charge is 2.35. The molecule has 3 rings (SSSR count). The molecular formula is C18H15Cl3FN3O3S2. The van der Waals surface area contributed by atoms with E-state index in [1.165, 1.54) is 24.3 Å². The molecule has 12 heteroatoms. The third-order valence-electron chi connectivity index (χ3n) is 4.14. The highest BCUT2D eigenvalue weighted by Crippen LogP contribution is 2.40. The molecule has 0 saturated carbocycles. The number of sulfone groups is 1. The van der Waals surface area contributed by atoms with Crippen LogP contribution in [0.4, 0.5) is 14.3 Å². The van der Waals surface area contributed by atoms with Gasteiger partial charge in [0.1, 0.15) is 11.9 Å². The van der Waals surface area contributed by atoms with E-state index < -0.39 is 31.5 Å². The Bertz CT molecular complexity index is 1230. The normalized spacial score (nSPS) is 13.3. The lowest BCUT2D eigenvalue weighted by atomic mass is 10.1. The molecule has 3 aromatic rings. The molecule has 1 aromatic heterocycles. The zero-order valence-electron chi connectivity index (χ0n) is 15.5. The minimum atomic E-state index is -3.37. The summed E-state index contributed by atoms with van der Waals surface area (Å²) in [6.45, 7) is 1.59. The highest BCUT2D eigenvalue weighted by molar-refractivity contribution is 7.90. The maximum absolute atomic E-state index is 13.9. The molecule has 0 aliphatic rings. The molecule has 0 bridgehead atoms. The van der Waals surface area contributed by atoms with Gasteiger partial charge < -0.3 is 5.32 Å². The van der Waals surface area contributed by atoms with Crippen LogP contribution in [0.2, 0.25) is 0 Å². The van der Waals surface area contributed by atoms with E-state index in [1.807, 2.05) is 0 Å². The van der Waals surface area contributed by atoms with Crippen molar-refractivity contribution in [3.05, 3.63) is 53.3 Å². The van der Waals surface area contributed by atoms with Gasteiger partial charge in [-0.2, -0.15) is 0 Å². The molecule has 1 atom stereocenters. The summed E-state index contributed by atoms with van der Waals surface area (Å²) in [5.74, 6) is -0.498. The number of benzene rings is 2. The quantitative estimate of drug-likeness (QED) is 0.461.